The molecule has 6 heteroatoms. The van der Waals surface area contributed by atoms with Crippen molar-refractivity contribution in [1.82, 2.24) is 5.32 Å². The zero-order chi connectivity index (χ0) is 17.2. The third kappa shape index (κ3) is 3.59. The number of anilines is 2. The van der Waals surface area contributed by atoms with Gasteiger partial charge in [-0.3, -0.25) is 4.90 Å². The Morgan fingerprint density at radius 3 is 1.92 bits per heavy atom. The van der Waals surface area contributed by atoms with Crippen LogP contribution in [0.15, 0.2) is 60.7 Å². The number of nitrogens with one attached hydrogen (secondary N) is 1. The molecule has 0 aliphatic carbocycles. The zero-order valence-electron chi connectivity index (χ0n) is 13.5. The lowest BCUT2D eigenvalue weighted by atomic mass is 10.0. The molecule has 1 unspecified atom stereocenters. The highest BCUT2D eigenvalue weighted by atomic mass is 32.2. The van der Waals surface area contributed by atoms with Gasteiger partial charge in [-0.1, -0.05) is 36.4 Å². The van der Waals surface area contributed by atoms with Crippen LogP contribution in [0.25, 0.3) is 0 Å². The number of carbonyl (C=O) groups is 1. The summed E-state index contributed by atoms with van der Waals surface area (Å²) < 4.78 is 23.5. The van der Waals surface area contributed by atoms with Crippen molar-refractivity contribution in [1.29, 1.82) is 0 Å². The monoisotopic (exact) mass is 344 g/mol. The van der Waals surface area contributed by atoms with Gasteiger partial charge in [0, 0.05) is 0 Å². The lowest BCUT2D eigenvalue weighted by Gasteiger charge is -2.30. The minimum atomic E-state index is -3.09. The van der Waals surface area contributed by atoms with E-state index in [1.54, 1.807) is 11.8 Å². The number of urea groups is 1. The van der Waals surface area contributed by atoms with Crippen molar-refractivity contribution in [3.8, 4) is 0 Å². The molecule has 0 spiro atoms. The first-order valence-electron chi connectivity index (χ1n) is 7.81. The average molecular weight is 344 g/mol. The smallest absolute Gasteiger partial charge is 0.326 e. The summed E-state index contributed by atoms with van der Waals surface area (Å²) in [5, 5.41) is 2.92. The Labute approximate surface area is 142 Å². The number of benzene rings is 2. The molecule has 1 heterocycles. The Bertz CT molecular complexity index is 782. The first-order valence-corrected chi connectivity index (χ1v) is 9.64. The second-order valence-electron chi connectivity index (χ2n) is 6.34. The minimum Gasteiger partial charge on any atom is -0.331 e. The Morgan fingerprint density at radius 1 is 1.00 bits per heavy atom. The minimum absolute atomic E-state index is 0.0246. The maximum Gasteiger partial charge on any atom is 0.326 e. The SMILES string of the molecule is CC1(NC(=O)N(c2ccccc2)c2ccccc2)CCS(=O)(=O)C1. The summed E-state index contributed by atoms with van der Waals surface area (Å²) in [4.78, 5) is 14.5. The quantitative estimate of drug-likeness (QED) is 0.930. The molecule has 1 aliphatic rings. The first-order chi connectivity index (χ1) is 11.4. The van der Waals surface area contributed by atoms with Gasteiger partial charge in [0.05, 0.1) is 28.4 Å². The van der Waals surface area contributed by atoms with Gasteiger partial charge >= 0.3 is 6.03 Å². The van der Waals surface area contributed by atoms with E-state index in [9.17, 15) is 13.2 Å². The number of hydrogen-bond donors (Lipinski definition) is 1. The van der Waals surface area contributed by atoms with E-state index in [2.05, 4.69) is 5.32 Å². The largest absolute Gasteiger partial charge is 0.331 e. The summed E-state index contributed by atoms with van der Waals surface area (Å²) in [6, 6.07) is 18.3. The van der Waals surface area contributed by atoms with Crippen molar-refractivity contribution in [3.05, 3.63) is 60.7 Å². The number of nitrogens with zero attached hydrogens (tertiary/aromatic N) is 1. The number of carbonyl (C=O) groups excluding carboxylic acids is 1. The van der Waals surface area contributed by atoms with Crippen LogP contribution < -0.4 is 10.2 Å². The van der Waals surface area contributed by atoms with Gasteiger partial charge in [0.25, 0.3) is 0 Å². The number of amides is 2. The van der Waals surface area contributed by atoms with E-state index in [4.69, 9.17) is 0 Å². The van der Waals surface area contributed by atoms with E-state index >= 15 is 0 Å². The Balaban J connectivity index is 1.90. The summed E-state index contributed by atoms with van der Waals surface area (Å²) >= 11 is 0. The number of hydrogen-bond acceptors (Lipinski definition) is 3. The molecule has 1 fully saturated rings. The molecule has 24 heavy (non-hydrogen) atoms. The third-order valence-corrected chi connectivity index (χ3v) is 6.05. The molecule has 5 nitrogen and oxygen atoms in total. The molecule has 2 aromatic rings. The standard InChI is InChI=1S/C18H20N2O3S/c1-18(12-13-24(22,23)14-18)19-17(21)20(15-8-4-2-5-9-15)16-10-6-3-7-11-16/h2-11H,12-14H2,1H3,(H,19,21). The molecule has 0 bridgehead atoms. The molecule has 2 aromatic carbocycles. The maximum absolute atomic E-state index is 12.9. The summed E-state index contributed by atoms with van der Waals surface area (Å²) in [6.07, 6.45) is 0.429. The molecule has 0 radical (unpaired) electrons. The fraction of sp³-hybridized carbons (Fsp3) is 0.278. The highest BCUT2D eigenvalue weighted by Gasteiger charge is 2.40. The number of sulfone groups is 1. The van der Waals surface area contributed by atoms with Crippen LogP contribution in [0.1, 0.15) is 13.3 Å². The molecule has 0 saturated carbocycles. The van der Waals surface area contributed by atoms with Crippen molar-refractivity contribution < 1.29 is 13.2 Å². The van der Waals surface area contributed by atoms with Gasteiger partial charge in [-0.25, -0.2) is 13.2 Å². The van der Waals surface area contributed by atoms with E-state index in [1.165, 1.54) is 0 Å². The highest BCUT2D eigenvalue weighted by Crippen LogP contribution is 2.28. The van der Waals surface area contributed by atoms with Crippen molar-refractivity contribution in [2.75, 3.05) is 16.4 Å². The van der Waals surface area contributed by atoms with Crippen LogP contribution >= 0.6 is 0 Å². The molecule has 1 N–H and O–H groups in total. The maximum atomic E-state index is 12.9. The first kappa shape index (κ1) is 16.5. The van der Waals surface area contributed by atoms with Gasteiger partial charge in [0.2, 0.25) is 0 Å². The fourth-order valence-corrected chi connectivity index (χ4v) is 5.05. The third-order valence-electron chi connectivity index (χ3n) is 4.14. The second kappa shape index (κ2) is 6.28. The van der Waals surface area contributed by atoms with Crippen molar-refractivity contribution in [2.45, 2.75) is 18.9 Å². The van der Waals surface area contributed by atoms with Crippen molar-refractivity contribution in [3.63, 3.8) is 0 Å². The van der Waals surface area contributed by atoms with Crippen LogP contribution in [0, 0.1) is 0 Å². The summed E-state index contributed by atoms with van der Waals surface area (Å²) in [6.45, 7) is 1.78. The van der Waals surface area contributed by atoms with Crippen LogP contribution in [-0.4, -0.2) is 31.5 Å². The van der Waals surface area contributed by atoms with Crippen LogP contribution in [0.3, 0.4) is 0 Å². The van der Waals surface area contributed by atoms with Gasteiger partial charge < -0.3 is 5.32 Å². The van der Waals surface area contributed by atoms with Gasteiger partial charge in [0.15, 0.2) is 9.84 Å². The summed E-state index contributed by atoms with van der Waals surface area (Å²) in [5.74, 6) is 0.0869. The Kier molecular flexibility index (Phi) is 4.32. The Hall–Kier alpha value is -2.34. The highest BCUT2D eigenvalue weighted by molar-refractivity contribution is 7.91. The molecule has 126 valence electrons. The Morgan fingerprint density at radius 2 is 1.50 bits per heavy atom. The normalized spacial score (nSPS) is 22.0. The van der Waals surface area contributed by atoms with Crippen molar-refractivity contribution in [2.24, 2.45) is 0 Å². The molecule has 1 atom stereocenters. The predicted octanol–water partition coefficient (Wildman–Crippen LogP) is 3.11. The van der Waals surface area contributed by atoms with E-state index in [0.29, 0.717) is 6.42 Å². The van der Waals surface area contributed by atoms with Crippen LogP contribution in [0.5, 0.6) is 0 Å². The van der Waals surface area contributed by atoms with Gasteiger partial charge in [-0.15, -0.1) is 0 Å². The molecule has 2 amide bonds. The summed E-state index contributed by atoms with van der Waals surface area (Å²) in [5.41, 5.74) is 0.717. The lowest BCUT2D eigenvalue weighted by molar-refractivity contribution is 0.238. The van der Waals surface area contributed by atoms with Gasteiger partial charge in [-0.05, 0) is 37.6 Å². The zero-order valence-corrected chi connectivity index (χ0v) is 14.3. The summed E-state index contributed by atoms with van der Waals surface area (Å²) in [7, 11) is -3.09. The van der Waals surface area contributed by atoms with E-state index in [-0.39, 0.29) is 17.5 Å². The molecular formula is C18H20N2O3S. The van der Waals surface area contributed by atoms with E-state index in [0.717, 1.165) is 11.4 Å². The molecular weight excluding hydrogens is 324 g/mol. The van der Waals surface area contributed by atoms with Crippen LogP contribution in [0.2, 0.25) is 0 Å². The van der Waals surface area contributed by atoms with Gasteiger partial charge in [0.1, 0.15) is 0 Å². The topological polar surface area (TPSA) is 66.5 Å². The number of rotatable bonds is 3. The fourth-order valence-electron chi connectivity index (χ4n) is 2.96. The van der Waals surface area contributed by atoms with E-state index < -0.39 is 15.4 Å². The molecule has 3 rings (SSSR count). The number of para-hydroxylation sites is 2. The van der Waals surface area contributed by atoms with Crippen LogP contribution in [-0.2, 0) is 9.84 Å². The molecule has 1 aliphatic heterocycles. The second-order valence-corrected chi connectivity index (χ2v) is 8.52. The van der Waals surface area contributed by atoms with Crippen LogP contribution in [0.4, 0.5) is 16.2 Å². The molecule has 0 aromatic heterocycles. The molecule has 1 saturated heterocycles. The van der Waals surface area contributed by atoms with E-state index in [1.807, 2.05) is 60.7 Å². The van der Waals surface area contributed by atoms with Crippen molar-refractivity contribution >= 4 is 27.2 Å². The average Bonchev–Trinajstić information content (AvgIpc) is 2.82. The van der Waals surface area contributed by atoms with Gasteiger partial charge in [-0.2, -0.15) is 0 Å². The lowest BCUT2D eigenvalue weighted by Crippen LogP contribution is -2.51. The predicted molar refractivity (Wildman–Crippen MR) is 95.2 cm³/mol.